The summed E-state index contributed by atoms with van der Waals surface area (Å²) in [7, 11) is 3.62. The van der Waals surface area contributed by atoms with E-state index in [1.807, 2.05) is 19.0 Å². The predicted octanol–water partition coefficient (Wildman–Crippen LogP) is 4.20. The Morgan fingerprint density at radius 1 is 1.24 bits per heavy atom. The number of benzene rings is 1. The molecule has 6 nitrogen and oxygen atoms in total. The summed E-state index contributed by atoms with van der Waals surface area (Å²) in [5.74, 6) is -1.84. The first-order valence-corrected chi connectivity index (χ1v) is 11.1. The SMILES string of the molecule is CN(C)C(CNC(=O)CC(c1cccnc1)C1(C(F)(F)F)CC1)Cc1ccc2[nH]ncc2c1F. The number of carbonyl (C=O) groups excluding carboxylic acids is 1. The second-order valence-electron chi connectivity index (χ2n) is 9.19. The van der Waals surface area contributed by atoms with Gasteiger partial charge in [-0.3, -0.25) is 14.9 Å². The highest BCUT2D eigenvalue weighted by atomic mass is 19.4. The molecule has 34 heavy (non-hydrogen) atoms. The molecule has 1 aliphatic rings. The molecule has 182 valence electrons. The molecule has 4 rings (SSSR count). The molecule has 2 atom stereocenters. The average Bonchev–Trinajstić information content (AvgIpc) is 3.47. The van der Waals surface area contributed by atoms with Crippen molar-refractivity contribution in [2.24, 2.45) is 5.41 Å². The molecule has 1 aromatic carbocycles. The van der Waals surface area contributed by atoms with Crippen molar-refractivity contribution in [1.82, 2.24) is 25.4 Å². The number of hydrogen-bond donors (Lipinski definition) is 2. The molecule has 0 radical (unpaired) electrons. The minimum absolute atomic E-state index is 0.000566. The molecule has 0 aliphatic heterocycles. The third-order valence-electron chi connectivity index (χ3n) is 6.86. The van der Waals surface area contributed by atoms with E-state index in [1.54, 1.807) is 24.3 Å². The molecule has 1 amide bonds. The maximum atomic E-state index is 14.9. The summed E-state index contributed by atoms with van der Waals surface area (Å²) in [6.07, 6.45) is -0.0499. The highest BCUT2D eigenvalue weighted by Gasteiger charge is 2.67. The van der Waals surface area contributed by atoms with E-state index in [9.17, 15) is 22.4 Å². The fourth-order valence-electron chi connectivity index (χ4n) is 4.54. The summed E-state index contributed by atoms with van der Waals surface area (Å²) in [5, 5.41) is 9.74. The Balaban J connectivity index is 1.45. The zero-order valence-corrected chi connectivity index (χ0v) is 19.0. The topological polar surface area (TPSA) is 73.9 Å². The van der Waals surface area contributed by atoms with Crippen molar-refractivity contribution in [1.29, 1.82) is 0 Å². The first-order valence-electron chi connectivity index (χ1n) is 11.1. The number of H-pyrrole nitrogens is 1. The van der Waals surface area contributed by atoms with Crippen LogP contribution < -0.4 is 5.32 Å². The van der Waals surface area contributed by atoms with Crippen molar-refractivity contribution in [2.45, 2.75) is 43.8 Å². The van der Waals surface area contributed by atoms with Gasteiger partial charge in [0.05, 0.1) is 22.5 Å². The summed E-state index contributed by atoms with van der Waals surface area (Å²) in [6.45, 7) is 0.174. The maximum absolute atomic E-state index is 14.9. The Hall–Kier alpha value is -3.01. The van der Waals surface area contributed by atoms with Gasteiger partial charge in [-0.05, 0) is 56.6 Å². The molecule has 2 aromatic heterocycles. The standard InChI is InChI=1S/C24H27F4N5O/c1-33(2)17(10-15-5-6-20-18(22(15)25)14-31-32-20)13-30-21(34)11-19(16-4-3-9-29-12-16)23(7-8-23)24(26,27)28/h3-6,9,12,14,17,19H,7-8,10-11,13H2,1-2H3,(H,30,34)(H,31,32). The van der Waals surface area contributed by atoms with Crippen LogP contribution in [0.25, 0.3) is 10.9 Å². The minimum atomic E-state index is -4.40. The lowest BCUT2D eigenvalue weighted by Crippen LogP contribution is -2.43. The number of amides is 1. The van der Waals surface area contributed by atoms with Gasteiger partial charge in [0.2, 0.25) is 5.91 Å². The van der Waals surface area contributed by atoms with Crippen molar-refractivity contribution >= 4 is 16.8 Å². The van der Waals surface area contributed by atoms with Crippen molar-refractivity contribution in [3.8, 4) is 0 Å². The van der Waals surface area contributed by atoms with Gasteiger partial charge in [0, 0.05) is 37.3 Å². The molecule has 1 fully saturated rings. The molecule has 1 aliphatic carbocycles. The van der Waals surface area contributed by atoms with Crippen LogP contribution in [-0.2, 0) is 11.2 Å². The summed E-state index contributed by atoms with van der Waals surface area (Å²) < 4.78 is 56.5. The number of alkyl halides is 3. The number of rotatable bonds is 9. The number of halogens is 4. The summed E-state index contributed by atoms with van der Waals surface area (Å²) in [5.41, 5.74) is -0.412. The number of aromatic amines is 1. The molecule has 10 heteroatoms. The van der Waals surface area contributed by atoms with E-state index in [4.69, 9.17) is 0 Å². The monoisotopic (exact) mass is 477 g/mol. The quantitative estimate of drug-likeness (QED) is 0.453. The number of nitrogens with one attached hydrogen (secondary N) is 2. The Morgan fingerprint density at radius 2 is 2.00 bits per heavy atom. The van der Waals surface area contributed by atoms with Crippen LogP contribution in [0.1, 0.15) is 36.3 Å². The van der Waals surface area contributed by atoms with Crippen molar-refractivity contribution in [3.63, 3.8) is 0 Å². The van der Waals surface area contributed by atoms with E-state index >= 15 is 0 Å². The lowest BCUT2D eigenvalue weighted by atomic mass is 9.80. The number of aromatic nitrogens is 3. The van der Waals surface area contributed by atoms with Crippen LogP contribution in [0.2, 0.25) is 0 Å². The van der Waals surface area contributed by atoms with Gasteiger partial charge in [-0.1, -0.05) is 12.1 Å². The number of pyridine rings is 1. The second kappa shape index (κ2) is 9.32. The molecule has 2 N–H and O–H groups in total. The summed E-state index contributed by atoms with van der Waals surface area (Å²) >= 11 is 0. The Labute approximate surface area is 194 Å². The van der Waals surface area contributed by atoms with Crippen molar-refractivity contribution < 1.29 is 22.4 Å². The fourth-order valence-corrected chi connectivity index (χ4v) is 4.54. The molecule has 0 spiro atoms. The third kappa shape index (κ3) is 4.77. The van der Waals surface area contributed by atoms with E-state index in [1.165, 1.54) is 18.6 Å². The van der Waals surface area contributed by atoms with Gasteiger partial charge in [-0.2, -0.15) is 18.3 Å². The summed E-state index contributed by atoms with van der Waals surface area (Å²) in [6, 6.07) is 6.34. The molecule has 2 unspecified atom stereocenters. The molecule has 0 bridgehead atoms. The van der Waals surface area contributed by atoms with Gasteiger partial charge in [0.15, 0.2) is 0 Å². The zero-order chi connectivity index (χ0) is 24.5. The number of nitrogens with zero attached hydrogens (tertiary/aromatic N) is 3. The van der Waals surface area contributed by atoms with Gasteiger partial charge in [-0.25, -0.2) is 4.39 Å². The van der Waals surface area contributed by atoms with E-state index in [0.717, 1.165) is 0 Å². The van der Waals surface area contributed by atoms with E-state index in [-0.39, 0.29) is 37.7 Å². The molecule has 1 saturated carbocycles. The molecular weight excluding hydrogens is 450 g/mol. The predicted molar refractivity (Wildman–Crippen MR) is 120 cm³/mol. The third-order valence-corrected chi connectivity index (χ3v) is 6.86. The maximum Gasteiger partial charge on any atom is 0.395 e. The Kier molecular flexibility index (Phi) is 6.62. The lowest BCUT2D eigenvalue weighted by molar-refractivity contribution is -0.194. The number of likely N-dealkylation sites (N-methyl/N-ethyl adjacent to an activating group) is 1. The van der Waals surface area contributed by atoms with Crippen LogP contribution >= 0.6 is 0 Å². The van der Waals surface area contributed by atoms with Crippen LogP contribution in [0.15, 0.2) is 42.9 Å². The summed E-state index contributed by atoms with van der Waals surface area (Å²) in [4.78, 5) is 18.6. The van der Waals surface area contributed by atoms with Crippen LogP contribution in [0, 0.1) is 11.2 Å². The van der Waals surface area contributed by atoms with Crippen molar-refractivity contribution in [2.75, 3.05) is 20.6 Å². The van der Waals surface area contributed by atoms with Gasteiger partial charge in [0.25, 0.3) is 0 Å². The highest BCUT2D eigenvalue weighted by molar-refractivity contribution is 5.79. The molecule has 2 heterocycles. The number of hydrogen-bond acceptors (Lipinski definition) is 4. The first kappa shape index (κ1) is 24.1. The fraction of sp³-hybridized carbons (Fsp3) is 0.458. The lowest BCUT2D eigenvalue weighted by Gasteiger charge is -2.30. The Morgan fingerprint density at radius 3 is 2.62 bits per heavy atom. The first-order chi connectivity index (χ1) is 16.1. The van der Waals surface area contributed by atoms with E-state index < -0.39 is 23.4 Å². The largest absolute Gasteiger partial charge is 0.395 e. The van der Waals surface area contributed by atoms with Crippen LogP contribution in [0.5, 0.6) is 0 Å². The molecule has 0 saturated heterocycles. The Bertz CT molecular complexity index is 1140. The number of fused-ring (bicyclic) bond motifs is 1. The molecular formula is C24H27F4N5O. The van der Waals surface area contributed by atoms with Crippen molar-refractivity contribution in [3.05, 3.63) is 59.8 Å². The number of carbonyl (C=O) groups is 1. The van der Waals surface area contributed by atoms with Crippen LogP contribution in [0.4, 0.5) is 17.6 Å². The van der Waals surface area contributed by atoms with E-state index in [2.05, 4.69) is 20.5 Å². The van der Waals surface area contributed by atoms with Crippen LogP contribution in [-0.4, -0.2) is 58.8 Å². The molecule has 3 aromatic rings. The van der Waals surface area contributed by atoms with E-state index in [0.29, 0.717) is 28.5 Å². The van der Waals surface area contributed by atoms with Gasteiger partial charge in [0.1, 0.15) is 5.82 Å². The smallest absolute Gasteiger partial charge is 0.355 e. The van der Waals surface area contributed by atoms with Gasteiger partial charge in [-0.15, -0.1) is 0 Å². The second-order valence-corrected chi connectivity index (χ2v) is 9.19. The van der Waals surface area contributed by atoms with Gasteiger partial charge >= 0.3 is 6.18 Å². The van der Waals surface area contributed by atoms with Crippen LogP contribution in [0.3, 0.4) is 0 Å². The minimum Gasteiger partial charge on any atom is -0.355 e. The zero-order valence-electron chi connectivity index (χ0n) is 19.0. The van der Waals surface area contributed by atoms with Gasteiger partial charge < -0.3 is 10.2 Å². The average molecular weight is 478 g/mol. The normalized spacial score (nSPS) is 17.0. The highest BCUT2D eigenvalue weighted by Crippen LogP contribution is 2.66.